The quantitative estimate of drug-likeness (QED) is 0.733. The number of hydrogen-bond donors (Lipinski definition) is 3. The first-order chi connectivity index (χ1) is 10.1. The number of benzene rings is 1. The molecule has 3 N–H and O–H groups in total. The van der Waals surface area contributed by atoms with Crippen molar-refractivity contribution in [1.82, 2.24) is 10.6 Å². The summed E-state index contributed by atoms with van der Waals surface area (Å²) in [6.07, 6.45) is -0.0412. The Balaban J connectivity index is 0.00000242. The van der Waals surface area contributed by atoms with Gasteiger partial charge in [-0.15, -0.1) is 12.4 Å². The highest BCUT2D eigenvalue weighted by atomic mass is 35.5. The second-order valence-corrected chi connectivity index (χ2v) is 5.63. The van der Waals surface area contributed by atoms with Crippen LogP contribution in [0.5, 0.6) is 5.75 Å². The average molecular weight is 329 g/mol. The summed E-state index contributed by atoms with van der Waals surface area (Å²) in [6, 6.07) is 5.91. The Morgan fingerprint density at radius 2 is 2.14 bits per heavy atom. The molecule has 124 valence electrons. The standard InChI is InChI=1S/C16H24N2O3.ClH/c1-11-3-4-14(7-12(11)2)21-6-5-16(20)18-9-13-8-17-10-15(13)19;/h3-4,7,13,15,17,19H,5-6,8-10H2,1-2H3,(H,18,20);1H. The molecule has 22 heavy (non-hydrogen) atoms. The molecule has 1 fully saturated rings. The number of β-amino-alcohol motifs (C(OH)–C–C–N with tert-alkyl or cyclic N) is 1. The van der Waals surface area contributed by atoms with Crippen LogP contribution in [0.2, 0.25) is 0 Å². The van der Waals surface area contributed by atoms with Gasteiger partial charge in [0.05, 0.1) is 19.1 Å². The van der Waals surface area contributed by atoms with E-state index < -0.39 is 0 Å². The molecule has 1 aliphatic heterocycles. The number of halogens is 1. The maximum atomic E-state index is 11.7. The van der Waals surface area contributed by atoms with Gasteiger partial charge in [-0.3, -0.25) is 4.79 Å². The Morgan fingerprint density at radius 1 is 1.36 bits per heavy atom. The molecule has 0 bridgehead atoms. The lowest BCUT2D eigenvalue weighted by molar-refractivity contribution is -0.121. The lowest BCUT2D eigenvalue weighted by atomic mass is 10.1. The van der Waals surface area contributed by atoms with Crippen LogP contribution in [0.25, 0.3) is 0 Å². The molecule has 0 aromatic heterocycles. The number of nitrogens with one attached hydrogen (secondary N) is 2. The molecule has 1 aliphatic rings. The number of carbonyl (C=O) groups is 1. The minimum Gasteiger partial charge on any atom is -0.493 e. The molecule has 1 aromatic rings. The van der Waals surface area contributed by atoms with Crippen LogP contribution in [0.4, 0.5) is 0 Å². The van der Waals surface area contributed by atoms with Gasteiger partial charge in [-0.05, 0) is 37.1 Å². The maximum Gasteiger partial charge on any atom is 0.223 e. The summed E-state index contributed by atoms with van der Waals surface area (Å²) < 4.78 is 5.58. The van der Waals surface area contributed by atoms with Gasteiger partial charge in [-0.1, -0.05) is 6.07 Å². The van der Waals surface area contributed by atoms with Crippen LogP contribution >= 0.6 is 12.4 Å². The van der Waals surface area contributed by atoms with Crippen molar-refractivity contribution in [3.8, 4) is 5.75 Å². The van der Waals surface area contributed by atoms with E-state index in [-0.39, 0.29) is 30.3 Å². The van der Waals surface area contributed by atoms with Gasteiger partial charge < -0.3 is 20.5 Å². The zero-order valence-electron chi connectivity index (χ0n) is 13.1. The molecule has 0 saturated carbocycles. The van der Waals surface area contributed by atoms with E-state index in [1.165, 1.54) is 11.1 Å². The summed E-state index contributed by atoms with van der Waals surface area (Å²) in [7, 11) is 0. The van der Waals surface area contributed by atoms with Crippen LogP contribution in [0.1, 0.15) is 17.5 Å². The Bertz CT molecular complexity index is 496. The first kappa shape index (κ1) is 18.7. The smallest absolute Gasteiger partial charge is 0.223 e. The second-order valence-electron chi connectivity index (χ2n) is 5.63. The molecule has 0 spiro atoms. The van der Waals surface area contributed by atoms with Gasteiger partial charge in [0.25, 0.3) is 0 Å². The van der Waals surface area contributed by atoms with E-state index in [9.17, 15) is 9.90 Å². The van der Waals surface area contributed by atoms with Gasteiger partial charge in [0, 0.05) is 25.6 Å². The molecule has 1 heterocycles. The van der Waals surface area contributed by atoms with Crippen molar-refractivity contribution in [3.63, 3.8) is 0 Å². The van der Waals surface area contributed by atoms with Crippen molar-refractivity contribution in [2.75, 3.05) is 26.2 Å². The number of aliphatic hydroxyl groups excluding tert-OH is 1. The van der Waals surface area contributed by atoms with Crippen LogP contribution in [0.3, 0.4) is 0 Å². The van der Waals surface area contributed by atoms with E-state index >= 15 is 0 Å². The van der Waals surface area contributed by atoms with Crippen molar-refractivity contribution >= 4 is 18.3 Å². The highest BCUT2D eigenvalue weighted by molar-refractivity contribution is 5.85. The number of carbonyl (C=O) groups excluding carboxylic acids is 1. The minimum absolute atomic E-state index is 0. The van der Waals surface area contributed by atoms with Crippen molar-refractivity contribution in [2.45, 2.75) is 26.4 Å². The van der Waals surface area contributed by atoms with E-state index in [4.69, 9.17) is 4.74 Å². The van der Waals surface area contributed by atoms with Crippen molar-refractivity contribution in [2.24, 2.45) is 5.92 Å². The first-order valence-electron chi connectivity index (χ1n) is 7.42. The molecule has 2 rings (SSSR count). The summed E-state index contributed by atoms with van der Waals surface area (Å²) in [6.45, 7) is 6.32. The topological polar surface area (TPSA) is 70.6 Å². The predicted molar refractivity (Wildman–Crippen MR) is 88.7 cm³/mol. The molecule has 2 atom stereocenters. The average Bonchev–Trinajstić information content (AvgIpc) is 2.86. The second kappa shape index (κ2) is 8.98. The van der Waals surface area contributed by atoms with Gasteiger partial charge in [0.15, 0.2) is 0 Å². The minimum atomic E-state index is -0.364. The van der Waals surface area contributed by atoms with Crippen molar-refractivity contribution < 1.29 is 14.6 Å². The van der Waals surface area contributed by atoms with E-state index in [0.717, 1.165) is 12.3 Å². The molecule has 2 unspecified atom stereocenters. The zero-order chi connectivity index (χ0) is 15.2. The van der Waals surface area contributed by atoms with Gasteiger partial charge in [-0.2, -0.15) is 0 Å². The summed E-state index contributed by atoms with van der Waals surface area (Å²) >= 11 is 0. The third-order valence-electron chi connectivity index (χ3n) is 3.94. The molecule has 0 radical (unpaired) electrons. The number of ether oxygens (including phenoxy) is 1. The van der Waals surface area contributed by atoms with Crippen LogP contribution in [0, 0.1) is 19.8 Å². The fraction of sp³-hybridized carbons (Fsp3) is 0.562. The van der Waals surface area contributed by atoms with Crippen LogP contribution < -0.4 is 15.4 Å². The van der Waals surface area contributed by atoms with Gasteiger partial charge in [0.1, 0.15) is 5.75 Å². The van der Waals surface area contributed by atoms with E-state index in [1.807, 2.05) is 25.1 Å². The number of rotatable bonds is 6. The molecule has 0 aliphatic carbocycles. The monoisotopic (exact) mass is 328 g/mol. The highest BCUT2D eigenvalue weighted by Crippen LogP contribution is 2.16. The van der Waals surface area contributed by atoms with Gasteiger partial charge >= 0.3 is 0 Å². The third kappa shape index (κ3) is 5.48. The molecule has 5 nitrogen and oxygen atoms in total. The number of aliphatic hydroxyl groups is 1. The fourth-order valence-corrected chi connectivity index (χ4v) is 2.33. The largest absolute Gasteiger partial charge is 0.493 e. The Labute approximate surface area is 137 Å². The van der Waals surface area contributed by atoms with Crippen LogP contribution in [-0.4, -0.2) is 43.4 Å². The van der Waals surface area contributed by atoms with E-state index in [1.54, 1.807) is 0 Å². The molecular weight excluding hydrogens is 304 g/mol. The van der Waals surface area contributed by atoms with Gasteiger partial charge in [0.2, 0.25) is 5.91 Å². The van der Waals surface area contributed by atoms with E-state index in [2.05, 4.69) is 17.6 Å². The summed E-state index contributed by atoms with van der Waals surface area (Å²) in [5.41, 5.74) is 2.41. The number of hydrogen-bond acceptors (Lipinski definition) is 4. The molecule has 1 amide bonds. The predicted octanol–water partition coefficient (Wildman–Crippen LogP) is 1.19. The molecule has 6 heteroatoms. The molecular formula is C16H25ClN2O3. The Hall–Kier alpha value is -1.30. The third-order valence-corrected chi connectivity index (χ3v) is 3.94. The molecule has 1 saturated heterocycles. The van der Waals surface area contributed by atoms with E-state index in [0.29, 0.717) is 26.1 Å². The van der Waals surface area contributed by atoms with Gasteiger partial charge in [-0.25, -0.2) is 0 Å². The SMILES string of the molecule is Cc1ccc(OCCC(=O)NCC2CNCC2O)cc1C.Cl. The maximum absolute atomic E-state index is 11.7. The lowest BCUT2D eigenvalue weighted by Crippen LogP contribution is -2.34. The summed E-state index contributed by atoms with van der Waals surface area (Å²) in [5.74, 6) is 0.855. The Morgan fingerprint density at radius 3 is 2.77 bits per heavy atom. The van der Waals surface area contributed by atoms with Crippen LogP contribution in [-0.2, 0) is 4.79 Å². The fourth-order valence-electron chi connectivity index (χ4n) is 2.33. The summed E-state index contributed by atoms with van der Waals surface area (Å²) in [5, 5.41) is 15.6. The number of aryl methyl sites for hydroxylation is 2. The highest BCUT2D eigenvalue weighted by Gasteiger charge is 2.24. The normalized spacial score (nSPS) is 20.3. The van der Waals surface area contributed by atoms with Crippen molar-refractivity contribution in [1.29, 1.82) is 0 Å². The van der Waals surface area contributed by atoms with Crippen LogP contribution in [0.15, 0.2) is 18.2 Å². The zero-order valence-corrected chi connectivity index (χ0v) is 13.9. The van der Waals surface area contributed by atoms with Crippen molar-refractivity contribution in [3.05, 3.63) is 29.3 Å². The Kier molecular flexibility index (Phi) is 7.65. The number of amides is 1. The first-order valence-corrected chi connectivity index (χ1v) is 7.42. The summed E-state index contributed by atoms with van der Waals surface area (Å²) in [4.78, 5) is 11.7. The lowest BCUT2D eigenvalue weighted by Gasteiger charge is -2.14. The molecule has 1 aromatic carbocycles.